The van der Waals surface area contributed by atoms with E-state index >= 15 is 0 Å². The van der Waals surface area contributed by atoms with Crippen LogP contribution in [0.25, 0.3) is 22.6 Å². The first kappa shape index (κ1) is 12.8. The Morgan fingerprint density at radius 2 is 2.15 bits per heavy atom. The molecule has 0 saturated carbocycles. The van der Waals surface area contributed by atoms with Crippen molar-refractivity contribution in [3.8, 4) is 11.5 Å². The van der Waals surface area contributed by atoms with Gasteiger partial charge in [-0.15, -0.1) is 0 Å². The van der Waals surface area contributed by atoms with Crippen LogP contribution in [0.4, 0.5) is 0 Å². The molecule has 1 unspecified atom stereocenters. The summed E-state index contributed by atoms with van der Waals surface area (Å²) in [6.07, 6.45) is 2.77. The number of nitrogens with zero attached hydrogens (tertiary/aromatic N) is 2. The van der Waals surface area contributed by atoms with Crippen molar-refractivity contribution in [3.63, 3.8) is 0 Å². The molecule has 3 aromatic rings. The number of hydrogen-bond donors (Lipinski definition) is 2. The second-order valence-corrected chi connectivity index (χ2v) is 5.06. The number of hydrogen-bond acceptors (Lipinski definition) is 3. The molecule has 0 aliphatic heterocycles. The highest BCUT2D eigenvalue weighted by Gasteiger charge is 2.09. The fourth-order valence-electron chi connectivity index (χ4n) is 2.37. The molecule has 1 aromatic carbocycles. The zero-order valence-corrected chi connectivity index (χ0v) is 11.5. The molecule has 2 heterocycles. The highest BCUT2D eigenvalue weighted by molar-refractivity contribution is 5.79. The van der Waals surface area contributed by atoms with Crippen LogP contribution in [0.2, 0.25) is 0 Å². The number of benzene rings is 1. The van der Waals surface area contributed by atoms with Gasteiger partial charge in [0.05, 0.1) is 11.0 Å². The van der Waals surface area contributed by atoms with Crippen LogP contribution in [0.1, 0.15) is 24.8 Å². The van der Waals surface area contributed by atoms with Crippen LogP contribution in [0, 0.1) is 0 Å². The second kappa shape index (κ2) is 5.43. The van der Waals surface area contributed by atoms with E-state index in [0.29, 0.717) is 12.5 Å². The number of H-pyrrole nitrogens is 1. The summed E-state index contributed by atoms with van der Waals surface area (Å²) in [5, 5.41) is 0. The van der Waals surface area contributed by atoms with E-state index in [-0.39, 0.29) is 0 Å². The average molecular weight is 266 g/mol. The Labute approximate surface area is 118 Å². The van der Waals surface area contributed by atoms with Gasteiger partial charge >= 0.3 is 0 Å². The van der Waals surface area contributed by atoms with Crippen molar-refractivity contribution in [2.75, 3.05) is 6.54 Å². The fraction of sp³-hybridized carbons (Fsp3) is 0.250. The monoisotopic (exact) mass is 266 g/mol. The van der Waals surface area contributed by atoms with Crippen LogP contribution >= 0.6 is 0 Å². The Morgan fingerprint density at radius 3 is 2.90 bits per heavy atom. The van der Waals surface area contributed by atoms with Crippen molar-refractivity contribution in [2.45, 2.75) is 19.3 Å². The first-order valence-electron chi connectivity index (χ1n) is 6.89. The summed E-state index contributed by atoms with van der Waals surface area (Å²) in [6, 6.07) is 12.2. The molecule has 0 saturated heterocycles. The lowest BCUT2D eigenvalue weighted by molar-refractivity contribution is 0.691. The van der Waals surface area contributed by atoms with Gasteiger partial charge in [0.1, 0.15) is 5.69 Å². The number of nitrogens with one attached hydrogen (secondary N) is 1. The van der Waals surface area contributed by atoms with E-state index in [1.807, 2.05) is 18.2 Å². The summed E-state index contributed by atoms with van der Waals surface area (Å²) >= 11 is 0. The maximum atomic E-state index is 5.63. The standard InChI is InChI=1S/C16H18N4/c1-11(7-8-17)12-5-6-13-15(10-12)20-16(19-13)14-4-2-3-9-18-14/h2-6,9-11H,7-8,17H2,1H3,(H,19,20). The maximum Gasteiger partial charge on any atom is 0.157 e. The first-order chi connectivity index (χ1) is 9.78. The zero-order valence-electron chi connectivity index (χ0n) is 11.5. The molecule has 0 aliphatic carbocycles. The van der Waals surface area contributed by atoms with Crippen LogP contribution in [0.5, 0.6) is 0 Å². The molecular formula is C16H18N4. The highest BCUT2D eigenvalue weighted by atomic mass is 14.9. The van der Waals surface area contributed by atoms with Crippen LogP contribution in [0.3, 0.4) is 0 Å². The molecular weight excluding hydrogens is 248 g/mol. The van der Waals surface area contributed by atoms with E-state index in [0.717, 1.165) is 29.0 Å². The number of fused-ring (bicyclic) bond motifs is 1. The minimum absolute atomic E-state index is 0.464. The van der Waals surface area contributed by atoms with Crippen molar-refractivity contribution in [1.82, 2.24) is 15.0 Å². The van der Waals surface area contributed by atoms with E-state index < -0.39 is 0 Å². The molecule has 0 radical (unpaired) electrons. The zero-order chi connectivity index (χ0) is 13.9. The maximum absolute atomic E-state index is 5.63. The fourth-order valence-corrected chi connectivity index (χ4v) is 2.37. The van der Waals surface area contributed by atoms with Gasteiger partial charge < -0.3 is 10.7 Å². The van der Waals surface area contributed by atoms with Crippen molar-refractivity contribution >= 4 is 11.0 Å². The average Bonchev–Trinajstić information content (AvgIpc) is 2.91. The van der Waals surface area contributed by atoms with Gasteiger partial charge in [-0.25, -0.2) is 4.98 Å². The Morgan fingerprint density at radius 1 is 1.25 bits per heavy atom. The normalized spacial score (nSPS) is 12.7. The Bertz CT molecular complexity index is 703. The molecule has 0 fully saturated rings. The first-order valence-corrected chi connectivity index (χ1v) is 6.89. The summed E-state index contributed by atoms with van der Waals surface area (Å²) in [5.74, 6) is 1.27. The molecule has 0 bridgehead atoms. The van der Waals surface area contributed by atoms with Crippen molar-refractivity contribution in [3.05, 3.63) is 48.2 Å². The van der Waals surface area contributed by atoms with Gasteiger partial charge in [-0.1, -0.05) is 19.1 Å². The molecule has 4 heteroatoms. The summed E-state index contributed by atoms with van der Waals surface area (Å²) in [4.78, 5) is 12.3. The van der Waals surface area contributed by atoms with Gasteiger partial charge in [0.2, 0.25) is 0 Å². The van der Waals surface area contributed by atoms with Crippen LogP contribution in [-0.4, -0.2) is 21.5 Å². The Kier molecular flexibility index (Phi) is 3.48. The molecule has 20 heavy (non-hydrogen) atoms. The van der Waals surface area contributed by atoms with Gasteiger partial charge in [0, 0.05) is 6.20 Å². The van der Waals surface area contributed by atoms with E-state index in [4.69, 9.17) is 5.73 Å². The summed E-state index contributed by atoms with van der Waals surface area (Å²) in [6.45, 7) is 2.91. The van der Waals surface area contributed by atoms with E-state index in [1.165, 1.54) is 5.56 Å². The third-order valence-corrected chi connectivity index (χ3v) is 3.58. The molecule has 4 nitrogen and oxygen atoms in total. The Hall–Kier alpha value is -2.20. The van der Waals surface area contributed by atoms with Crippen LogP contribution in [0.15, 0.2) is 42.6 Å². The third kappa shape index (κ3) is 2.42. The Balaban J connectivity index is 1.99. The molecule has 0 aliphatic rings. The van der Waals surface area contributed by atoms with Crippen molar-refractivity contribution in [2.24, 2.45) is 5.73 Å². The van der Waals surface area contributed by atoms with Gasteiger partial charge in [-0.3, -0.25) is 4.98 Å². The molecule has 3 N–H and O–H groups in total. The van der Waals surface area contributed by atoms with E-state index in [2.05, 4.69) is 40.1 Å². The molecule has 3 rings (SSSR count). The predicted octanol–water partition coefficient (Wildman–Crippen LogP) is 3.08. The van der Waals surface area contributed by atoms with Gasteiger partial charge in [-0.2, -0.15) is 0 Å². The van der Waals surface area contributed by atoms with Gasteiger partial charge in [0.15, 0.2) is 5.82 Å². The number of imidazole rings is 1. The number of rotatable bonds is 4. The van der Waals surface area contributed by atoms with E-state index in [9.17, 15) is 0 Å². The molecule has 1 atom stereocenters. The number of aromatic amines is 1. The predicted molar refractivity (Wildman–Crippen MR) is 81.4 cm³/mol. The summed E-state index contributed by atoms with van der Waals surface area (Å²) in [5.41, 5.74) is 9.80. The van der Waals surface area contributed by atoms with Crippen molar-refractivity contribution < 1.29 is 0 Å². The quantitative estimate of drug-likeness (QED) is 0.762. The summed E-state index contributed by atoms with van der Waals surface area (Å²) < 4.78 is 0. The van der Waals surface area contributed by atoms with Crippen molar-refractivity contribution in [1.29, 1.82) is 0 Å². The molecule has 0 spiro atoms. The topological polar surface area (TPSA) is 67.6 Å². The number of pyridine rings is 1. The molecule has 102 valence electrons. The SMILES string of the molecule is CC(CCN)c1ccc2nc(-c3ccccn3)[nH]c2c1. The lowest BCUT2D eigenvalue weighted by atomic mass is 9.97. The largest absolute Gasteiger partial charge is 0.337 e. The lowest BCUT2D eigenvalue weighted by Crippen LogP contribution is -2.04. The third-order valence-electron chi connectivity index (χ3n) is 3.58. The van der Waals surface area contributed by atoms with Gasteiger partial charge in [-0.05, 0) is 48.7 Å². The minimum atomic E-state index is 0.464. The van der Waals surface area contributed by atoms with Gasteiger partial charge in [0.25, 0.3) is 0 Å². The number of nitrogens with two attached hydrogens (primary N) is 1. The summed E-state index contributed by atoms with van der Waals surface area (Å²) in [7, 11) is 0. The van der Waals surface area contributed by atoms with E-state index in [1.54, 1.807) is 6.20 Å². The second-order valence-electron chi connectivity index (χ2n) is 5.06. The molecule has 2 aromatic heterocycles. The minimum Gasteiger partial charge on any atom is -0.337 e. The number of aromatic nitrogens is 3. The molecule has 0 amide bonds. The highest BCUT2D eigenvalue weighted by Crippen LogP contribution is 2.24. The van der Waals surface area contributed by atoms with Crippen LogP contribution in [-0.2, 0) is 0 Å². The van der Waals surface area contributed by atoms with Crippen LogP contribution < -0.4 is 5.73 Å². The smallest absolute Gasteiger partial charge is 0.157 e. The lowest BCUT2D eigenvalue weighted by Gasteiger charge is -2.09.